The van der Waals surface area contributed by atoms with Crippen molar-refractivity contribution in [3.05, 3.63) is 84.5 Å². The molecule has 0 N–H and O–H groups in total. The topological polar surface area (TPSA) is 27.7 Å². The van der Waals surface area contributed by atoms with Crippen LogP contribution in [0, 0.1) is 17.8 Å². The van der Waals surface area contributed by atoms with Crippen LogP contribution in [0.2, 0.25) is 0 Å². The lowest BCUT2D eigenvalue weighted by atomic mass is 9.80. The van der Waals surface area contributed by atoms with Crippen molar-refractivity contribution in [1.29, 1.82) is 0 Å². The van der Waals surface area contributed by atoms with Crippen molar-refractivity contribution in [3.63, 3.8) is 0 Å². The molecule has 0 aromatic heterocycles. The molecule has 0 atom stereocenters. The van der Waals surface area contributed by atoms with E-state index in [1.807, 2.05) is 0 Å². The Morgan fingerprint density at radius 3 is 1.82 bits per heavy atom. The number of allylic oxidation sites excluding steroid dienone is 2. The van der Waals surface area contributed by atoms with Crippen molar-refractivity contribution in [2.75, 3.05) is 6.61 Å². The molecule has 218 valence electrons. The fourth-order valence-electron chi connectivity index (χ4n) is 5.41. The third kappa shape index (κ3) is 8.82. The first kappa shape index (κ1) is 30.1. The fourth-order valence-corrected chi connectivity index (χ4v) is 5.41. The quantitative estimate of drug-likeness (QED) is 0.201. The van der Waals surface area contributed by atoms with E-state index in [0.717, 1.165) is 37.8 Å². The van der Waals surface area contributed by atoms with E-state index >= 15 is 0 Å². The second-order valence-corrected chi connectivity index (χ2v) is 10.8. The highest BCUT2D eigenvalue weighted by atomic mass is 19.4. The number of benzene rings is 2. The minimum atomic E-state index is -4.39. The van der Waals surface area contributed by atoms with Gasteiger partial charge in [0, 0.05) is 0 Å². The summed E-state index contributed by atoms with van der Waals surface area (Å²) in [7, 11) is 0. The van der Waals surface area contributed by atoms with Gasteiger partial charge in [0.2, 0.25) is 0 Å². The highest BCUT2D eigenvalue weighted by molar-refractivity contribution is 5.32. The molecule has 0 unspecified atom stereocenters. The summed E-state index contributed by atoms with van der Waals surface area (Å²) in [5.74, 6) is 0.461. The number of alkyl halides is 5. The van der Waals surface area contributed by atoms with E-state index in [0.29, 0.717) is 61.5 Å². The normalized spacial score (nSPS) is 24.1. The van der Waals surface area contributed by atoms with Crippen LogP contribution in [0.1, 0.15) is 62.5 Å². The van der Waals surface area contributed by atoms with Gasteiger partial charge in [0.05, 0.1) is 24.2 Å². The molecule has 0 amide bonds. The summed E-state index contributed by atoms with van der Waals surface area (Å²) < 4.78 is 84.4. The largest absolute Gasteiger partial charge is 0.489 e. The van der Waals surface area contributed by atoms with Gasteiger partial charge in [0.1, 0.15) is 18.1 Å². The maximum atomic E-state index is 14.9. The molecule has 3 nitrogen and oxygen atoms in total. The smallest absolute Gasteiger partial charge is 0.416 e. The van der Waals surface area contributed by atoms with Crippen molar-refractivity contribution in [1.82, 2.24) is 0 Å². The number of halogens is 5. The SMILES string of the molecule is C=CCOC1CCC(/C=C/C2CCC(C(F)(F)Oc3ccc(OCc4ccc(C(F)(F)F)cc4)cc3)CC2)CC1. The molecule has 8 heteroatoms. The molecule has 0 radical (unpaired) electrons. The molecule has 2 fully saturated rings. The fraction of sp³-hybridized carbons (Fsp3) is 0.500. The van der Waals surface area contributed by atoms with Crippen molar-refractivity contribution in [3.8, 4) is 11.5 Å². The van der Waals surface area contributed by atoms with E-state index in [1.54, 1.807) is 6.08 Å². The Kier molecular flexibility index (Phi) is 10.3. The van der Waals surface area contributed by atoms with Crippen molar-refractivity contribution < 1.29 is 36.2 Å². The maximum Gasteiger partial charge on any atom is 0.416 e. The average molecular weight is 565 g/mol. The predicted octanol–water partition coefficient (Wildman–Crippen LogP) is 9.38. The van der Waals surface area contributed by atoms with Gasteiger partial charge in [-0.05, 0) is 105 Å². The third-order valence-electron chi connectivity index (χ3n) is 7.84. The van der Waals surface area contributed by atoms with Crippen molar-refractivity contribution >= 4 is 0 Å². The molecule has 0 heterocycles. The average Bonchev–Trinajstić information content (AvgIpc) is 2.95. The molecule has 4 rings (SSSR count). The van der Waals surface area contributed by atoms with E-state index in [-0.39, 0.29) is 12.4 Å². The van der Waals surface area contributed by atoms with E-state index in [9.17, 15) is 22.0 Å². The van der Waals surface area contributed by atoms with Crippen LogP contribution in [0.3, 0.4) is 0 Å². The minimum Gasteiger partial charge on any atom is -0.489 e. The van der Waals surface area contributed by atoms with Gasteiger partial charge in [-0.15, -0.1) is 6.58 Å². The van der Waals surface area contributed by atoms with Gasteiger partial charge in [0.25, 0.3) is 0 Å². The van der Waals surface area contributed by atoms with Gasteiger partial charge in [-0.1, -0.05) is 30.4 Å². The molecular weight excluding hydrogens is 527 g/mol. The van der Waals surface area contributed by atoms with Gasteiger partial charge in [0.15, 0.2) is 0 Å². The summed E-state index contributed by atoms with van der Waals surface area (Å²) >= 11 is 0. The van der Waals surface area contributed by atoms with E-state index < -0.39 is 23.8 Å². The first-order chi connectivity index (χ1) is 19.1. The van der Waals surface area contributed by atoms with Crippen molar-refractivity contribution in [2.45, 2.75) is 76.4 Å². The lowest BCUT2D eigenvalue weighted by Gasteiger charge is -2.32. The summed E-state index contributed by atoms with van der Waals surface area (Å²) in [5, 5.41) is 0. The Labute approximate surface area is 233 Å². The highest BCUT2D eigenvalue weighted by Gasteiger charge is 2.43. The Morgan fingerprint density at radius 1 is 0.725 bits per heavy atom. The standard InChI is InChI=1S/C32H37F5O3/c1-2-21-38-28-15-9-24(10-16-28)4-3-23-5-13-27(14-6-23)32(36,37)40-30-19-17-29(18-20-30)39-22-25-7-11-26(12-8-25)31(33,34)35/h2-4,7-8,11-12,17-20,23-24,27-28H,1,5-6,9-10,13-16,21-22H2/b4-3+. The maximum absolute atomic E-state index is 14.9. The zero-order valence-electron chi connectivity index (χ0n) is 22.6. The molecule has 2 aliphatic carbocycles. The van der Waals surface area contributed by atoms with Crippen LogP contribution in [0.25, 0.3) is 0 Å². The van der Waals surface area contributed by atoms with Gasteiger partial charge < -0.3 is 14.2 Å². The zero-order chi connectivity index (χ0) is 28.6. The Bertz CT molecular complexity index is 1080. The predicted molar refractivity (Wildman–Crippen MR) is 144 cm³/mol. The van der Waals surface area contributed by atoms with Crippen LogP contribution in [-0.2, 0) is 17.5 Å². The number of ether oxygens (including phenoxy) is 3. The van der Waals surface area contributed by atoms with Gasteiger partial charge in [-0.3, -0.25) is 0 Å². The molecule has 2 aromatic carbocycles. The molecule has 2 aromatic rings. The first-order valence-corrected chi connectivity index (χ1v) is 14.0. The summed E-state index contributed by atoms with van der Waals surface area (Å²) in [6.45, 7) is 4.34. The molecule has 0 spiro atoms. The molecule has 0 saturated heterocycles. The van der Waals surface area contributed by atoms with E-state index in [1.165, 1.54) is 36.4 Å². The van der Waals surface area contributed by atoms with Crippen LogP contribution in [0.15, 0.2) is 73.3 Å². The zero-order valence-corrected chi connectivity index (χ0v) is 22.6. The summed E-state index contributed by atoms with van der Waals surface area (Å²) in [5.41, 5.74) is -0.168. The second kappa shape index (κ2) is 13.7. The minimum absolute atomic E-state index is 0.0431. The molecule has 2 saturated carbocycles. The highest BCUT2D eigenvalue weighted by Crippen LogP contribution is 2.41. The van der Waals surface area contributed by atoms with Gasteiger partial charge >= 0.3 is 12.3 Å². The molecule has 0 aliphatic heterocycles. The lowest BCUT2D eigenvalue weighted by Crippen LogP contribution is -2.37. The first-order valence-electron chi connectivity index (χ1n) is 14.0. The van der Waals surface area contributed by atoms with E-state index in [2.05, 4.69) is 18.7 Å². The van der Waals surface area contributed by atoms with Crippen LogP contribution < -0.4 is 9.47 Å². The van der Waals surface area contributed by atoms with E-state index in [4.69, 9.17) is 14.2 Å². The number of hydrogen-bond donors (Lipinski definition) is 0. The molecule has 40 heavy (non-hydrogen) atoms. The van der Waals surface area contributed by atoms with Crippen LogP contribution in [0.4, 0.5) is 22.0 Å². The second-order valence-electron chi connectivity index (χ2n) is 10.8. The Balaban J connectivity index is 1.19. The summed E-state index contributed by atoms with van der Waals surface area (Å²) in [6.07, 6.45) is 5.46. The Morgan fingerprint density at radius 2 is 1.27 bits per heavy atom. The Hall–Kier alpha value is -2.87. The van der Waals surface area contributed by atoms with Crippen LogP contribution in [0.5, 0.6) is 11.5 Å². The lowest BCUT2D eigenvalue weighted by molar-refractivity contribution is -0.223. The monoisotopic (exact) mass is 564 g/mol. The molecular formula is C32H37F5O3. The molecule has 0 bridgehead atoms. The summed E-state index contributed by atoms with van der Waals surface area (Å²) in [6, 6.07) is 10.5. The van der Waals surface area contributed by atoms with Crippen LogP contribution >= 0.6 is 0 Å². The summed E-state index contributed by atoms with van der Waals surface area (Å²) in [4.78, 5) is 0. The van der Waals surface area contributed by atoms with Gasteiger partial charge in [-0.2, -0.15) is 22.0 Å². The third-order valence-corrected chi connectivity index (χ3v) is 7.84. The van der Waals surface area contributed by atoms with Crippen molar-refractivity contribution in [2.24, 2.45) is 17.8 Å². The van der Waals surface area contributed by atoms with Gasteiger partial charge in [-0.25, -0.2) is 0 Å². The number of hydrogen-bond acceptors (Lipinski definition) is 3. The van der Waals surface area contributed by atoms with Crippen LogP contribution in [-0.4, -0.2) is 18.8 Å². The number of rotatable bonds is 11. The molecule has 2 aliphatic rings.